The van der Waals surface area contributed by atoms with Gasteiger partial charge in [0.1, 0.15) is 5.75 Å². The average Bonchev–Trinajstić information content (AvgIpc) is 2.47. The van der Waals surface area contributed by atoms with Gasteiger partial charge in [0.15, 0.2) is 0 Å². The molecule has 5 heteroatoms. The van der Waals surface area contributed by atoms with Gasteiger partial charge in [-0.1, -0.05) is 6.07 Å². The monoisotopic (exact) mass is 176 g/mol. The summed E-state index contributed by atoms with van der Waals surface area (Å²) in [6.45, 7) is 0. The van der Waals surface area contributed by atoms with Crippen molar-refractivity contribution in [3.8, 4) is 5.75 Å². The van der Waals surface area contributed by atoms with Crippen molar-refractivity contribution in [2.75, 3.05) is 0 Å². The highest BCUT2D eigenvalue weighted by Gasteiger charge is 2.04. The molecule has 1 N–H and O–H groups in total. The minimum Gasteiger partial charge on any atom is -0.538 e. The molecular weight excluding hydrogens is 167 g/mol. The Balaban J connectivity index is 2.60. The van der Waals surface area contributed by atoms with Crippen LogP contribution >= 0.6 is 0 Å². The van der Waals surface area contributed by atoms with Gasteiger partial charge < -0.3 is 9.68 Å². The SMILES string of the molecule is Cn1cc2c(OBO)cccc2n1. The summed E-state index contributed by atoms with van der Waals surface area (Å²) in [5.74, 6) is 0.660. The molecule has 4 nitrogen and oxygen atoms in total. The molecule has 0 saturated heterocycles. The lowest BCUT2D eigenvalue weighted by Gasteiger charge is -2.01. The maximum atomic E-state index is 8.64. The Bertz CT molecular complexity index is 427. The van der Waals surface area contributed by atoms with Crippen molar-refractivity contribution in [1.82, 2.24) is 9.78 Å². The Kier molecular flexibility index (Phi) is 1.94. The van der Waals surface area contributed by atoms with E-state index in [0.717, 1.165) is 10.9 Å². The van der Waals surface area contributed by atoms with Gasteiger partial charge in [0.05, 0.1) is 10.9 Å². The van der Waals surface area contributed by atoms with Crippen molar-refractivity contribution in [3.63, 3.8) is 0 Å². The molecule has 0 unspecified atom stereocenters. The van der Waals surface area contributed by atoms with Crippen LogP contribution in [0.4, 0.5) is 0 Å². The molecule has 0 amide bonds. The second-order valence-electron chi connectivity index (χ2n) is 2.77. The maximum absolute atomic E-state index is 8.64. The predicted octanol–water partition coefficient (Wildman–Crippen LogP) is 0.211. The molecule has 66 valence electrons. The minimum absolute atomic E-state index is 0.312. The Morgan fingerprint density at radius 1 is 1.54 bits per heavy atom. The third kappa shape index (κ3) is 1.38. The van der Waals surface area contributed by atoms with Gasteiger partial charge in [-0.25, -0.2) is 0 Å². The smallest absolute Gasteiger partial charge is 0.504 e. The Labute approximate surface area is 76.1 Å². The number of nitrogens with zero attached hydrogens (tertiary/aromatic N) is 2. The van der Waals surface area contributed by atoms with Crippen molar-refractivity contribution in [1.29, 1.82) is 0 Å². The van der Waals surface area contributed by atoms with E-state index in [1.165, 1.54) is 0 Å². The number of hydrogen-bond acceptors (Lipinski definition) is 3. The van der Waals surface area contributed by atoms with Crippen molar-refractivity contribution in [3.05, 3.63) is 24.4 Å². The summed E-state index contributed by atoms with van der Waals surface area (Å²) in [5, 5.41) is 13.8. The topological polar surface area (TPSA) is 47.3 Å². The van der Waals surface area contributed by atoms with Crippen LogP contribution in [0.25, 0.3) is 10.9 Å². The Hall–Kier alpha value is -1.49. The highest BCUT2D eigenvalue weighted by atomic mass is 16.5. The van der Waals surface area contributed by atoms with Gasteiger partial charge in [-0.15, -0.1) is 0 Å². The molecule has 2 rings (SSSR count). The van der Waals surface area contributed by atoms with Gasteiger partial charge in [0, 0.05) is 13.2 Å². The van der Waals surface area contributed by atoms with Crippen molar-refractivity contribution in [2.24, 2.45) is 7.05 Å². The number of hydrogen-bond donors (Lipinski definition) is 1. The van der Waals surface area contributed by atoms with Crippen molar-refractivity contribution in [2.45, 2.75) is 0 Å². The molecule has 0 atom stereocenters. The van der Waals surface area contributed by atoms with E-state index in [4.69, 9.17) is 9.68 Å². The van der Waals surface area contributed by atoms with Gasteiger partial charge >= 0.3 is 7.69 Å². The molecule has 0 aliphatic rings. The Morgan fingerprint density at radius 3 is 3.15 bits per heavy atom. The van der Waals surface area contributed by atoms with Crippen LogP contribution < -0.4 is 4.65 Å². The van der Waals surface area contributed by atoms with E-state index in [1.54, 1.807) is 10.7 Å². The van der Waals surface area contributed by atoms with E-state index in [2.05, 4.69) is 5.10 Å². The van der Waals surface area contributed by atoms with Crippen molar-refractivity contribution >= 4 is 18.6 Å². The zero-order chi connectivity index (χ0) is 9.26. The summed E-state index contributed by atoms with van der Waals surface area (Å²) in [6.07, 6.45) is 1.86. The number of fused-ring (bicyclic) bond motifs is 1. The van der Waals surface area contributed by atoms with Crippen LogP contribution in [0.15, 0.2) is 24.4 Å². The zero-order valence-electron chi connectivity index (χ0n) is 7.27. The zero-order valence-corrected chi connectivity index (χ0v) is 7.27. The fraction of sp³-hybridized carbons (Fsp3) is 0.125. The first kappa shape index (κ1) is 8.13. The minimum atomic E-state index is -0.312. The first-order chi connectivity index (χ1) is 6.31. The lowest BCUT2D eigenvalue weighted by Crippen LogP contribution is -1.99. The molecule has 0 radical (unpaired) electrons. The van der Waals surface area contributed by atoms with E-state index in [-0.39, 0.29) is 7.69 Å². The van der Waals surface area contributed by atoms with Gasteiger partial charge in [-0.05, 0) is 12.1 Å². The predicted molar refractivity (Wildman–Crippen MR) is 50.7 cm³/mol. The highest BCUT2D eigenvalue weighted by molar-refractivity contribution is 6.18. The molecule has 0 bridgehead atoms. The van der Waals surface area contributed by atoms with Crippen LogP contribution in [0.3, 0.4) is 0 Å². The number of aryl methyl sites for hydroxylation is 1. The van der Waals surface area contributed by atoms with Crippen LogP contribution in [-0.4, -0.2) is 22.5 Å². The normalized spacial score (nSPS) is 10.3. The molecule has 1 aromatic carbocycles. The van der Waals surface area contributed by atoms with E-state index >= 15 is 0 Å². The number of rotatable bonds is 2. The molecule has 2 aromatic rings. The summed E-state index contributed by atoms with van der Waals surface area (Å²) in [5.41, 5.74) is 0.869. The lowest BCUT2D eigenvalue weighted by atomic mass is 10.2. The van der Waals surface area contributed by atoms with Gasteiger partial charge in [-0.2, -0.15) is 5.10 Å². The first-order valence-corrected chi connectivity index (χ1v) is 3.97. The lowest BCUT2D eigenvalue weighted by molar-refractivity contribution is 0.456. The van der Waals surface area contributed by atoms with E-state index < -0.39 is 0 Å². The molecule has 0 aliphatic carbocycles. The second-order valence-corrected chi connectivity index (χ2v) is 2.77. The van der Waals surface area contributed by atoms with Crippen LogP contribution in [0.5, 0.6) is 5.75 Å². The third-order valence-corrected chi connectivity index (χ3v) is 1.84. The summed E-state index contributed by atoms with van der Waals surface area (Å²) in [6, 6.07) is 5.56. The quantitative estimate of drug-likeness (QED) is 0.665. The van der Waals surface area contributed by atoms with Gasteiger partial charge in [-0.3, -0.25) is 4.68 Å². The van der Waals surface area contributed by atoms with Crippen LogP contribution in [0.1, 0.15) is 0 Å². The molecule has 13 heavy (non-hydrogen) atoms. The molecule has 0 fully saturated rings. The Morgan fingerprint density at radius 2 is 2.38 bits per heavy atom. The summed E-state index contributed by atoms with van der Waals surface area (Å²) in [4.78, 5) is 0. The highest BCUT2D eigenvalue weighted by Crippen LogP contribution is 2.23. The van der Waals surface area contributed by atoms with Crippen LogP contribution in [0, 0.1) is 0 Å². The maximum Gasteiger partial charge on any atom is 0.504 e. The fourth-order valence-corrected chi connectivity index (χ4v) is 1.33. The summed E-state index contributed by atoms with van der Waals surface area (Å²) >= 11 is 0. The largest absolute Gasteiger partial charge is 0.538 e. The van der Waals surface area contributed by atoms with Crippen LogP contribution in [-0.2, 0) is 7.05 Å². The van der Waals surface area contributed by atoms with E-state index in [0.29, 0.717) is 5.75 Å². The summed E-state index contributed by atoms with van der Waals surface area (Å²) < 4.78 is 6.75. The third-order valence-electron chi connectivity index (χ3n) is 1.84. The molecular formula is C8H9BN2O2. The second kappa shape index (κ2) is 3.10. The van der Waals surface area contributed by atoms with E-state index in [1.807, 2.05) is 25.4 Å². The fourth-order valence-electron chi connectivity index (χ4n) is 1.33. The number of aromatic nitrogens is 2. The van der Waals surface area contributed by atoms with Crippen LogP contribution in [0.2, 0.25) is 0 Å². The standard InChI is InChI=1S/C8H9BN2O2/c1-11-5-6-7(10-11)3-2-4-8(6)13-9-12/h2-5,9,12H,1H3. The molecule has 1 heterocycles. The molecule has 1 aromatic heterocycles. The molecule has 0 aliphatic heterocycles. The number of benzene rings is 1. The first-order valence-electron chi connectivity index (χ1n) is 3.97. The molecule has 0 spiro atoms. The van der Waals surface area contributed by atoms with Gasteiger partial charge in [0.25, 0.3) is 0 Å². The van der Waals surface area contributed by atoms with Crippen molar-refractivity contribution < 1.29 is 9.68 Å². The summed E-state index contributed by atoms with van der Waals surface area (Å²) in [7, 11) is 1.54. The van der Waals surface area contributed by atoms with Gasteiger partial charge in [0.2, 0.25) is 0 Å². The average molecular weight is 176 g/mol. The molecule has 0 saturated carbocycles. The van der Waals surface area contributed by atoms with E-state index in [9.17, 15) is 0 Å².